The van der Waals surface area contributed by atoms with E-state index in [0.717, 1.165) is 17.5 Å². The fraction of sp³-hybridized carbons (Fsp3) is 0.227. The molecule has 4 aromatic carbocycles. The van der Waals surface area contributed by atoms with Gasteiger partial charge in [-0.1, -0.05) is 42.0 Å². The number of alkyl halides is 3. The zero-order valence-electron chi connectivity index (χ0n) is 33.3. The van der Waals surface area contributed by atoms with Crippen LogP contribution in [0.5, 0.6) is 11.5 Å². The van der Waals surface area contributed by atoms with Gasteiger partial charge in [-0.15, -0.1) is 0 Å². The van der Waals surface area contributed by atoms with Gasteiger partial charge in [0.25, 0.3) is 5.91 Å². The Morgan fingerprint density at radius 3 is 2.34 bits per heavy atom. The van der Waals surface area contributed by atoms with Crippen molar-refractivity contribution in [1.29, 1.82) is 0 Å². The predicted octanol–water partition coefficient (Wildman–Crippen LogP) is 7.92. The van der Waals surface area contributed by atoms with E-state index in [1.54, 1.807) is 48.7 Å². The number of nitrogens with two attached hydrogens (primary N) is 1. The lowest BCUT2D eigenvalue weighted by molar-refractivity contribution is -0.192. The van der Waals surface area contributed by atoms with Crippen molar-refractivity contribution in [2.24, 2.45) is 10.7 Å². The molecule has 0 atom stereocenters. The average Bonchev–Trinajstić information content (AvgIpc) is 3.40. The van der Waals surface area contributed by atoms with Crippen molar-refractivity contribution in [3.63, 3.8) is 0 Å². The normalized spacial score (nSPS) is 11.5. The SMILES string of the molecule is COc1cc(Nc2ncc3c(n2)-c2ccc(Cl)cc2C(c2c(F)cccc2OC)=NC3)ccc1C(=O)NCCCCCC(=O)Nc1ccc(C#CCN)cc1.O=C(O)C(F)(F)F. The number of halogens is 5. The number of hydrogen-bond acceptors (Lipinski definition) is 10. The Hall–Kier alpha value is -7.03. The molecule has 0 radical (unpaired) electrons. The highest BCUT2D eigenvalue weighted by Crippen LogP contribution is 2.36. The Morgan fingerprint density at radius 2 is 1.65 bits per heavy atom. The Morgan fingerprint density at radius 1 is 0.919 bits per heavy atom. The largest absolute Gasteiger partial charge is 0.496 e. The number of carboxylic acids is 1. The number of aliphatic carboxylic acids is 1. The minimum absolute atomic E-state index is 0.0711. The number of amides is 2. The summed E-state index contributed by atoms with van der Waals surface area (Å²) in [5.74, 6) is 3.18. The Labute approximate surface area is 358 Å². The van der Waals surface area contributed by atoms with Crippen molar-refractivity contribution in [3.05, 3.63) is 124 Å². The molecule has 62 heavy (non-hydrogen) atoms. The molecule has 6 rings (SSSR count). The lowest BCUT2D eigenvalue weighted by atomic mass is 9.94. The van der Waals surface area contributed by atoms with E-state index in [4.69, 9.17) is 46.7 Å². The molecular formula is C44H40ClF4N7O6. The van der Waals surface area contributed by atoms with Crippen molar-refractivity contribution in [2.75, 3.05) is 37.9 Å². The molecule has 13 nitrogen and oxygen atoms in total. The number of nitrogens with one attached hydrogen (secondary N) is 3. The lowest BCUT2D eigenvalue weighted by Crippen LogP contribution is -2.25. The minimum Gasteiger partial charge on any atom is -0.496 e. The molecule has 5 aromatic rings. The third-order valence-electron chi connectivity index (χ3n) is 9.01. The third kappa shape index (κ3) is 12.3. The van der Waals surface area contributed by atoms with Crippen molar-refractivity contribution >= 4 is 52.4 Å². The molecule has 18 heteroatoms. The number of hydrogen-bond donors (Lipinski definition) is 5. The standard InChI is InChI=1S/C42H39ClFN7O4.C2HF3O2/c1-54-35-10-6-9-34(44)38(35)40-33-22-28(43)14-18-31(33)39-27(24-47-40)25-48-42(51-39)50-30-17-19-32(36(23-30)55-2)41(53)46-21-5-3-4-11-37(52)49-29-15-12-26(13-16-29)8-7-20-45;3-2(4,5)1(6)7/h6,9-10,12-19,22-23,25H,3-5,11,20-21,24,45H2,1-2H3,(H,46,53)(H,49,52)(H,48,50,51);(H,6,7). The number of rotatable bonds is 13. The maximum atomic E-state index is 15.3. The number of anilines is 3. The van der Waals surface area contributed by atoms with Crippen LogP contribution in [0, 0.1) is 17.7 Å². The summed E-state index contributed by atoms with van der Waals surface area (Å²) in [5.41, 5.74) is 11.2. The molecule has 0 aliphatic carbocycles. The molecule has 1 aromatic heterocycles. The molecule has 0 saturated carbocycles. The maximum absolute atomic E-state index is 15.3. The van der Waals surface area contributed by atoms with E-state index in [0.29, 0.717) is 94.3 Å². The van der Waals surface area contributed by atoms with Gasteiger partial charge in [0.05, 0.1) is 49.8 Å². The smallest absolute Gasteiger partial charge is 0.490 e. The fourth-order valence-corrected chi connectivity index (χ4v) is 6.26. The number of carbonyl (C=O) groups is 3. The van der Waals surface area contributed by atoms with Crippen LogP contribution in [0.1, 0.15) is 58.3 Å². The first-order chi connectivity index (χ1) is 29.7. The zero-order valence-corrected chi connectivity index (χ0v) is 34.1. The summed E-state index contributed by atoms with van der Waals surface area (Å²) in [6.07, 6.45) is -0.869. The number of carbonyl (C=O) groups excluding carboxylic acids is 2. The monoisotopic (exact) mass is 873 g/mol. The first-order valence-corrected chi connectivity index (χ1v) is 19.3. The van der Waals surface area contributed by atoms with Gasteiger partial charge in [-0.05, 0) is 73.5 Å². The molecular weight excluding hydrogens is 834 g/mol. The lowest BCUT2D eigenvalue weighted by Gasteiger charge is -2.15. The second-order valence-electron chi connectivity index (χ2n) is 13.3. The topological polar surface area (TPSA) is 190 Å². The van der Waals surface area contributed by atoms with Crippen LogP contribution in [0.15, 0.2) is 90.1 Å². The van der Waals surface area contributed by atoms with Crippen LogP contribution in [0.4, 0.5) is 34.9 Å². The number of fused-ring (bicyclic) bond motifs is 3. The summed E-state index contributed by atoms with van der Waals surface area (Å²) in [7, 11) is 2.98. The summed E-state index contributed by atoms with van der Waals surface area (Å²) >= 11 is 6.44. The van der Waals surface area contributed by atoms with E-state index in [2.05, 4.69) is 32.8 Å². The van der Waals surface area contributed by atoms with E-state index < -0.39 is 18.0 Å². The van der Waals surface area contributed by atoms with Gasteiger partial charge in [-0.2, -0.15) is 13.2 Å². The van der Waals surface area contributed by atoms with Crippen LogP contribution >= 0.6 is 11.6 Å². The number of aliphatic imine (C=N–C) groups is 1. The van der Waals surface area contributed by atoms with Gasteiger partial charge in [0.15, 0.2) is 0 Å². The molecule has 2 heterocycles. The van der Waals surface area contributed by atoms with Crippen LogP contribution in [-0.2, 0) is 16.1 Å². The minimum atomic E-state index is -5.08. The van der Waals surface area contributed by atoms with Gasteiger partial charge in [0.2, 0.25) is 11.9 Å². The molecule has 0 unspecified atom stereocenters. The van der Waals surface area contributed by atoms with E-state index in [-0.39, 0.29) is 23.9 Å². The van der Waals surface area contributed by atoms with Crippen LogP contribution in [-0.4, -0.2) is 72.1 Å². The zero-order chi connectivity index (χ0) is 44.8. The molecule has 0 saturated heterocycles. The predicted molar refractivity (Wildman–Crippen MR) is 227 cm³/mol. The fourth-order valence-electron chi connectivity index (χ4n) is 6.09. The summed E-state index contributed by atoms with van der Waals surface area (Å²) in [6, 6.07) is 22.3. The molecule has 2 amide bonds. The van der Waals surface area contributed by atoms with E-state index in [1.165, 1.54) is 20.3 Å². The summed E-state index contributed by atoms with van der Waals surface area (Å²) in [5, 5.41) is 16.6. The summed E-state index contributed by atoms with van der Waals surface area (Å²) in [6.45, 7) is 0.935. The molecule has 0 spiro atoms. The van der Waals surface area contributed by atoms with Crippen LogP contribution < -0.4 is 31.2 Å². The van der Waals surface area contributed by atoms with Crippen LogP contribution in [0.3, 0.4) is 0 Å². The number of ether oxygens (including phenoxy) is 2. The number of nitrogens with zero attached hydrogens (tertiary/aromatic N) is 3. The molecule has 6 N–H and O–H groups in total. The van der Waals surface area contributed by atoms with Gasteiger partial charge in [-0.25, -0.2) is 19.2 Å². The van der Waals surface area contributed by atoms with E-state index in [9.17, 15) is 22.8 Å². The Bertz CT molecular complexity index is 2520. The molecule has 322 valence electrons. The summed E-state index contributed by atoms with van der Waals surface area (Å²) < 4.78 is 58.1. The highest BCUT2D eigenvalue weighted by atomic mass is 35.5. The Balaban J connectivity index is 0.000000955. The number of benzene rings is 4. The first kappa shape index (κ1) is 46.0. The number of methoxy groups -OCH3 is 2. The highest BCUT2D eigenvalue weighted by molar-refractivity contribution is 6.31. The number of aromatic nitrogens is 2. The molecule has 0 bridgehead atoms. The third-order valence-corrected chi connectivity index (χ3v) is 9.25. The number of unbranched alkanes of at least 4 members (excludes halogenated alkanes) is 2. The van der Waals surface area contributed by atoms with E-state index >= 15 is 4.39 Å². The molecule has 1 aliphatic rings. The molecule has 1 aliphatic heterocycles. The van der Waals surface area contributed by atoms with Crippen molar-refractivity contribution in [3.8, 4) is 34.6 Å². The maximum Gasteiger partial charge on any atom is 0.490 e. The first-order valence-electron chi connectivity index (χ1n) is 18.9. The van der Waals surface area contributed by atoms with Crippen molar-refractivity contribution < 1.29 is 46.5 Å². The van der Waals surface area contributed by atoms with Gasteiger partial charge >= 0.3 is 12.1 Å². The highest BCUT2D eigenvalue weighted by Gasteiger charge is 2.38. The number of carboxylic acid groups (broad SMARTS) is 1. The van der Waals surface area contributed by atoms with E-state index in [1.807, 2.05) is 30.3 Å². The van der Waals surface area contributed by atoms with Gasteiger partial charge in [0.1, 0.15) is 17.3 Å². The van der Waals surface area contributed by atoms with Gasteiger partial charge in [0, 0.05) is 63.9 Å². The summed E-state index contributed by atoms with van der Waals surface area (Å²) in [4.78, 5) is 48.5. The van der Waals surface area contributed by atoms with Crippen molar-refractivity contribution in [1.82, 2.24) is 15.3 Å². The van der Waals surface area contributed by atoms with Crippen molar-refractivity contribution in [2.45, 2.75) is 38.4 Å². The molecule has 0 fully saturated rings. The van der Waals surface area contributed by atoms with Gasteiger partial charge < -0.3 is 36.3 Å². The second kappa shape index (κ2) is 21.5. The average molecular weight is 874 g/mol. The van der Waals surface area contributed by atoms with Crippen LogP contribution in [0.2, 0.25) is 5.02 Å². The Kier molecular flexibility index (Phi) is 15.9. The quantitative estimate of drug-likeness (QED) is 0.0442. The second-order valence-corrected chi connectivity index (χ2v) is 13.7. The van der Waals surface area contributed by atoms with Gasteiger partial charge in [-0.3, -0.25) is 14.6 Å². The van der Waals surface area contributed by atoms with Crippen LogP contribution in [0.25, 0.3) is 11.3 Å².